The maximum Gasteiger partial charge on any atom is 0.247 e. The topological polar surface area (TPSA) is 109 Å². The van der Waals surface area contributed by atoms with Gasteiger partial charge in [0.2, 0.25) is 5.91 Å². The van der Waals surface area contributed by atoms with E-state index in [9.17, 15) is 4.79 Å². The summed E-state index contributed by atoms with van der Waals surface area (Å²) in [6, 6.07) is 31.5. The zero-order valence-corrected chi connectivity index (χ0v) is 20.6. The molecule has 0 fully saturated rings. The number of amides is 1. The van der Waals surface area contributed by atoms with E-state index >= 15 is 0 Å². The lowest BCUT2D eigenvalue weighted by atomic mass is 10.0. The molecule has 0 aliphatic rings. The summed E-state index contributed by atoms with van der Waals surface area (Å²) < 4.78 is 11.6. The summed E-state index contributed by atoms with van der Waals surface area (Å²) in [6.07, 6.45) is 0. The number of ether oxygens (including phenoxy) is 2. The molecule has 1 atom stereocenters. The molecule has 4 aromatic carbocycles. The summed E-state index contributed by atoms with van der Waals surface area (Å²) >= 11 is 0. The fraction of sp³-hybridized carbons (Fsp3) is 0.133. The van der Waals surface area contributed by atoms with Crippen LogP contribution in [0.5, 0.6) is 11.5 Å². The summed E-state index contributed by atoms with van der Waals surface area (Å²) in [5, 5.41) is 13.9. The first-order valence-electron chi connectivity index (χ1n) is 11.9. The molecule has 0 unspecified atom stereocenters. The van der Waals surface area contributed by atoms with Gasteiger partial charge in [-0.05, 0) is 53.1 Å². The molecule has 0 radical (unpaired) electrons. The second kappa shape index (κ2) is 12.3. The van der Waals surface area contributed by atoms with Crippen molar-refractivity contribution in [3.05, 3.63) is 125 Å². The van der Waals surface area contributed by atoms with Crippen LogP contribution in [0.15, 0.2) is 103 Å². The minimum atomic E-state index is -0.705. The largest absolute Gasteiger partial charge is 0.493 e. The number of benzene rings is 4. The molecule has 0 saturated carbocycles. The first-order valence-corrected chi connectivity index (χ1v) is 11.9. The van der Waals surface area contributed by atoms with E-state index in [0.29, 0.717) is 41.5 Å². The summed E-state index contributed by atoms with van der Waals surface area (Å²) in [4.78, 5) is 13.4. The third-order valence-corrected chi connectivity index (χ3v) is 5.84. The average molecular weight is 495 g/mol. The number of amidine groups is 1. The molecule has 0 aliphatic carbocycles. The van der Waals surface area contributed by atoms with E-state index in [2.05, 4.69) is 10.6 Å². The van der Waals surface area contributed by atoms with Gasteiger partial charge in [-0.15, -0.1) is 0 Å². The van der Waals surface area contributed by atoms with Crippen molar-refractivity contribution in [1.29, 1.82) is 5.41 Å². The van der Waals surface area contributed by atoms with Gasteiger partial charge >= 0.3 is 0 Å². The standard InChI is InChI=1S/C30H30N4O3/c1-36-27-18-24(14-17-26(27)37-20-22-10-6-3-7-11-22)28(30(35)33-19-21-8-4-2-5-9-21)34-25-15-12-23(13-16-25)29(31)32/h2-18,28,34H,19-20H2,1H3,(H3,31,32)(H,33,35)/t28-/m1/s1. The first kappa shape index (κ1) is 25.3. The molecule has 37 heavy (non-hydrogen) atoms. The van der Waals surface area contributed by atoms with Crippen molar-refractivity contribution >= 4 is 17.4 Å². The maximum absolute atomic E-state index is 13.4. The highest BCUT2D eigenvalue weighted by Gasteiger charge is 2.22. The van der Waals surface area contributed by atoms with Crippen molar-refractivity contribution in [3.8, 4) is 11.5 Å². The summed E-state index contributed by atoms with van der Waals surface area (Å²) in [6.45, 7) is 0.800. The lowest BCUT2D eigenvalue weighted by Crippen LogP contribution is -2.33. The van der Waals surface area contributed by atoms with Crippen LogP contribution in [0.1, 0.15) is 28.3 Å². The Bertz CT molecular complexity index is 1330. The van der Waals surface area contributed by atoms with Crippen LogP contribution in [0.25, 0.3) is 0 Å². The monoisotopic (exact) mass is 494 g/mol. The van der Waals surface area contributed by atoms with Gasteiger partial charge in [0, 0.05) is 17.8 Å². The van der Waals surface area contributed by atoms with Crippen molar-refractivity contribution in [2.24, 2.45) is 5.73 Å². The molecule has 0 heterocycles. The number of rotatable bonds is 11. The number of anilines is 1. The Morgan fingerprint density at radius 1 is 0.865 bits per heavy atom. The summed E-state index contributed by atoms with van der Waals surface area (Å²) in [5.41, 5.74) is 9.66. The average Bonchev–Trinajstić information content (AvgIpc) is 2.95. The lowest BCUT2D eigenvalue weighted by Gasteiger charge is -2.22. The van der Waals surface area contributed by atoms with Crippen LogP contribution in [0.2, 0.25) is 0 Å². The molecule has 7 heteroatoms. The molecule has 1 amide bonds. The highest BCUT2D eigenvalue weighted by molar-refractivity contribution is 5.95. The quantitative estimate of drug-likeness (QED) is 0.173. The zero-order valence-electron chi connectivity index (χ0n) is 20.6. The van der Waals surface area contributed by atoms with E-state index in [0.717, 1.165) is 11.1 Å². The smallest absolute Gasteiger partial charge is 0.247 e. The SMILES string of the molecule is COc1cc([C@@H](Nc2ccc(C(=N)N)cc2)C(=O)NCc2ccccc2)ccc1OCc1ccccc1. The van der Waals surface area contributed by atoms with Crippen LogP contribution >= 0.6 is 0 Å². The second-order valence-corrected chi connectivity index (χ2v) is 8.46. The summed E-state index contributed by atoms with van der Waals surface area (Å²) in [7, 11) is 1.58. The molecule has 4 rings (SSSR count). The van der Waals surface area contributed by atoms with Crippen molar-refractivity contribution in [2.75, 3.05) is 12.4 Å². The van der Waals surface area contributed by atoms with Crippen molar-refractivity contribution < 1.29 is 14.3 Å². The minimum absolute atomic E-state index is 0.0143. The Morgan fingerprint density at radius 2 is 1.51 bits per heavy atom. The van der Waals surface area contributed by atoms with Crippen LogP contribution in [0.4, 0.5) is 5.69 Å². The maximum atomic E-state index is 13.4. The summed E-state index contributed by atoms with van der Waals surface area (Å²) in [5.74, 6) is 0.909. The minimum Gasteiger partial charge on any atom is -0.493 e. The van der Waals surface area contributed by atoms with E-state index < -0.39 is 6.04 Å². The van der Waals surface area contributed by atoms with Crippen molar-refractivity contribution in [2.45, 2.75) is 19.2 Å². The van der Waals surface area contributed by atoms with Crippen LogP contribution in [0.3, 0.4) is 0 Å². The van der Waals surface area contributed by atoms with Gasteiger partial charge in [-0.25, -0.2) is 0 Å². The predicted molar refractivity (Wildman–Crippen MR) is 146 cm³/mol. The number of methoxy groups -OCH3 is 1. The van der Waals surface area contributed by atoms with E-state index in [4.69, 9.17) is 20.6 Å². The third-order valence-electron chi connectivity index (χ3n) is 5.84. The van der Waals surface area contributed by atoms with E-state index in [1.54, 1.807) is 31.4 Å². The highest BCUT2D eigenvalue weighted by atomic mass is 16.5. The predicted octanol–water partition coefficient (Wildman–Crippen LogP) is 5.03. The van der Waals surface area contributed by atoms with E-state index in [1.807, 2.05) is 78.9 Å². The van der Waals surface area contributed by atoms with Gasteiger partial charge in [0.1, 0.15) is 18.5 Å². The number of nitrogens with two attached hydrogens (primary N) is 1. The number of nitrogens with one attached hydrogen (secondary N) is 3. The Balaban J connectivity index is 1.57. The second-order valence-electron chi connectivity index (χ2n) is 8.46. The van der Waals surface area contributed by atoms with Crippen LogP contribution in [-0.4, -0.2) is 18.9 Å². The lowest BCUT2D eigenvalue weighted by molar-refractivity contribution is -0.122. The molecule has 4 aromatic rings. The number of hydrogen-bond donors (Lipinski definition) is 4. The fourth-order valence-electron chi connectivity index (χ4n) is 3.82. The molecule has 0 aromatic heterocycles. The van der Waals surface area contributed by atoms with Gasteiger partial charge in [-0.1, -0.05) is 66.7 Å². The van der Waals surface area contributed by atoms with Gasteiger partial charge < -0.3 is 25.8 Å². The molecule has 0 spiro atoms. The number of carbonyl (C=O) groups excluding carboxylic acids is 1. The van der Waals surface area contributed by atoms with E-state index in [-0.39, 0.29) is 11.7 Å². The molecular weight excluding hydrogens is 464 g/mol. The van der Waals surface area contributed by atoms with Gasteiger partial charge in [-0.2, -0.15) is 0 Å². The van der Waals surface area contributed by atoms with Crippen molar-refractivity contribution in [1.82, 2.24) is 5.32 Å². The fourth-order valence-corrected chi connectivity index (χ4v) is 3.82. The Hall–Kier alpha value is -4.78. The van der Waals surface area contributed by atoms with Gasteiger partial charge in [-0.3, -0.25) is 10.2 Å². The number of hydrogen-bond acceptors (Lipinski definition) is 5. The molecule has 5 N–H and O–H groups in total. The van der Waals surface area contributed by atoms with Crippen LogP contribution < -0.4 is 25.8 Å². The number of carbonyl (C=O) groups is 1. The zero-order chi connectivity index (χ0) is 26.0. The van der Waals surface area contributed by atoms with E-state index in [1.165, 1.54) is 0 Å². The van der Waals surface area contributed by atoms with Crippen LogP contribution in [-0.2, 0) is 17.9 Å². The van der Waals surface area contributed by atoms with Gasteiger partial charge in [0.15, 0.2) is 11.5 Å². The van der Waals surface area contributed by atoms with Gasteiger partial charge in [0.25, 0.3) is 0 Å². The molecular formula is C30H30N4O3. The molecule has 7 nitrogen and oxygen atoms in total. The third kappa shape index (κ3) is 6.89. The Morgan fingerprint density at radius 3 is 2.14 bits per heavy atom. The normalized spacial score (nSPS) is 11.3. The number of nitrogen functional groups attached to an aromatic ring is 1. The Kier molecular flexibility index (Phi) is 8.39. The first-order chi connectivity index (χ1) is 18.0. The van der Waals surface area contributed by atoms with Crippen molar-refractivity contribution in [3.63, 3.8) is 0 Å². The Labute approximate surface area is 216 Å². The highest BCUT2D eigenvalue weighted by Crippen LogP contribution is 2.32. The molecule has 188 valence electrons. The van der Waals surface area contributed by atoms with Crippen LogP contribution in [0, 0.1) is 5.41 Å². The van der Waals surface area contributed by atoms with Gasteiger partial charge in [0.05, 0.1) is 7.11 Å². The molecule has 0 saturated heterocycles. The molecule has 0 bridgehead atoms. The molecule has 0 aliphatic heterocycles.